The van der Waals surface area contributed by atoms with Crippen molar-refractivity contribution in [2.75, 3.05) is 19.4 Å². The number of rotatable bonds is 8. The minimum absolute atomic E-state index is 0.00399. The van der Waals surface area contributed by atoms with Crippen LogP contribution in [0.5, 0.6) is 5.75 Å². The molecule has 5 nitrogen and oxygen atoms in total. The largest absolute Gasteiger partial charge is 0.496 e. The minimum atomic E-state index is -1.11. The number of hydrogen-bond acceptors (Lipinski definition) is 4. The zero-order valence-electron chi connectivity index (χ0n) is 15.8. The molecule has 0 unspecified atom stereocenters. The zero-order valence-corrected chi connectivity index (χ0v) is 18.2. The number of halogens is 1. The smallest absolute Gasteiger partial charge is 0.336 e. The number of benzene rings is 3. The van der Waals surface area contributed by atoms with E-state index in [4.69, 9.17) is 4.74 Å². The molecule has 2 N–H and O–H groups in total. The summed E-state index contributed by atoms with van der Waals surface area (Å²) in [6.07, 6.45) is 0. The highest BCUT2D eigenvalue weighted by Gasteiger charge is 2.15. The Balaban J connectivity index is 1.60. The number of amides is 1. The molecule has 0 bridgehead atoms. The highest BCUT2D eigenvalue weighted by molar-refractivity contribution is 9.10. The van der Waals surface area contributed by atoms with Crippen LogP contribution in [0.15, 0.2) is 59.1 Å². The van der Waals surface area contributed by atoms with E-state index in [0.717, 1.165) is 32.3 Å². The first-order valence-corrected chi connectivity index (χ1v) is 10.9. The van der Waals surface area contributed by atoms with Crippen molar-refractivity contribution in [1.82, 2.24) is 5.32 Å². The molecule has 0 fully saturated rings. The van der Waals surface area contributed by atoms with Gasteiger partial charge in [-0.1, -0.05) is 40.2 Å². The van der Waals surface area contributed by atoms with Gasteiger partial charge in [-0.05, 0) is 41.1 Å². The summed E-state index contributed by atoms with van der Waals surface area (Å²) in [6.45, 7) is 0.441. The summed E-state index contributed by atoms with van der Waals surface area (Å²) in [4.78, 5) is 23.6. The number of nitrogens with one attached hydrogen (secondary N) is 1. The summed E-state index contributed by atoms with van der Waals surface area (Å²) in [5.41, 5.74) is 1.29. The van der Waals surface area contributed by atoms with Gasteiger partial charge in [0.25, 0.3) is 5.91 Å². The topological polar surface area (TPSA) is 75.6 Å². The van der Waals surface area contributed by atoms with E-state index in [1.54, 1.807) is 31.0 Å². The predicted octanol–water partition coefficient (Wildman–Crippen LogP) is 4.97. The number of carbonyl (C=O) groups excluding carboxylic acids is 1. The van der Waals surface area contributed by atoms with Crippen molar-refractivity contribution in [3.63, 3.8) is 0 Å². The Morgan fingerprint density at radius 3 is 2.59 bits per heavy atom. The summed E-state index contributed by atoms with van der Waals surface area (Å²) in [5, 5.41) is 14.3. The lowest BCUT2D eigenvalue weighted by Crippen LogP contribution is -2.27. The standard InChI is InChI=1S/C22H20BrNO4S/c1-28-20-9-6-14-12-15(23)7-8-16(14)19(20)13-29-11-10-24-21(25)17-4-2-3-5-18(17)22(26)27/h2-9,12H,10-11,13H2,1H3,(H,24,25)(H,26,27). The average Bonchev–Trinajstić information content (AvgIpc) is 2.73. The molecule has 0 aliphatic carbocycles. The third kappa shape index (κ3) is 5.10. The van der Waals surface area contributed by atoms with Gasteiger partial charge in [0, 0.05) is 28.1 Å². The van der Waals surface area contributed by atoms with Gasteiger partial charge in [-0.2, -0.15) is 11.8 Å². The Hall–Kier alpha value is -2.51. The third-order valence-corrected chi connectivity index (χ3v) is 5.93. The molecule has 7 heteroatoms. The maximum absolute atomic E-state index is 12.3. The minimum Gasteiger partial charge on any atom is -0.496 e. The Bertz CT molecular complexity index is 1050. The predicted molar refractivity (Wildman–Crippen MR) is 120 cm³/mol. The lowest BCUT2D eigenvalue weighted by atomic mass is 10.0. The fourth-order valence-electron chi connectivity index (χ4n) is 3.06. The van der Waals surface area contributed by atoms with Gasteiger partial charge in [-0.3, -0.25) is 4.79 Å². The van der Waals surface area contributed by atoms with E-state index in [1.165, 1.54) is 12.1 Å². The number of methoxy groups -OCH3 is 1. The Labute approximate surface area is 181 Å². The first kappa shape index (κ1) is 21.2. The molecule has 0 spiro atoms. The summed E-state index contributed by atoms with van der Waals surface area (Å²) >= 11 is 5.18. The highest BCUT2D eigenvalue weighted by Crippen LogP contribution is 2.32. The number of fused-ring (bicyclic) bond motifs is 1. The summed E-state index contributed by atoms with van der Waals surface area (Å²) < 4.78 is 6.55. The van der Waals surface area contributed by atoms with Crippen molar-refractivity contribution in [3.8, 4) is 5.75 Å². The van der Waals surface area contributed by atoms with E-state index >= 15 is 0 Å². The van der Waals surface area contributed by atoms with Gasteiger partial charge >= 0.3 is 5.97 Å². The van der Waals surface area contributed by atoms with Crippen LogP contribution in [0.2, 0.25) is 0 Å². The van der Waals surface area contributed by atoms with E-state index in [2.05, 4.69) is 33.4 Å². The number of hydrogen-bond donors (Lipinski definition) is 2. The molecule has 0 heterocycles. The number of carboxylic acid groups (broad SMARTS) is 1. The first-order valence-electron chi connectivity index (χ1n) is 8.94. The number of ether oxygens (including phenoxy) is 1. The maximum atomic E-state index is 12.3. The van der Waals surface area contributed by atoms with E-state index < -0.39 is 5.97 Å². The molecule has 29 heavy (non-hydrogen) atoms. The quantitative estimate of drug-likeness (QED) is 0.451. The molecule has 0 aliphatic rings. The molecule has 3 rings (SSSR count). The normalized spacial score (nSPS) is 10.7. The summed E-state index contributed by atoms with van der Waals surface area (Å²) in [6, 6.07) is 16.4. The second-order valence-corrected chi connectivity index (χ2v) is 8.29. The second kappa shape index (κ2) is 9.80. The van der Waals surface area contributed by atoms with E-state index in [1.807, 2.05) is 18.2 Å². The second-order valence-electron chi connectivity index (χ2n) is 6.27. The Morgan fingerprint density at radius 2 is 1.86 bits per heavy atom. The van der Waals surface area contributed by atoms with Crippen molar-refractivity contribution in [3.05, 3.63) is 75.8 Å². The van der Waals surface area contributed by atoms with Crippen LogP contribution in [0.1, 0.15) is 26.3 Å². The fourth-order valence-corrected chi connectivity index (χ4v) is 4.33. The van der Waals surface area contributed by atoms with Crippen molar-refractivity contribution in [1.29, 1.82) is 0 Å². The maximum Gasteiger partial charge on any atom is 0.336 e. The van der Waals surface area contributed by atoms with Crippen molar-refractivity contribution >= 4 is 50.3 Å². The Morgan fingerprint density at radius 1 is 1.10 bits per heavy atom. The van der Waals surface area contributed by atoms with Gasteiger partial charge in [-0.15, -0.1) is 0 Å². The first-order chi connectivity index (χ1) is 14.0. The van der Waals surface area contributed by atoms with Crippen LogP contribution < -0.4 is 10.1 Å². The Kier molecular flexibility index (Phi) is 7.17. The third-order valence-electron chi connectivity index (χ3n) is 4.45. The number of aromatic carboxylic acids is 1. The van der Waals surface area contributed by atoms with Crippen molar-refractivity contribution in [2.45, 2.75) is 5.75 Å². The molecule has 0 saturated carbocycles. The van der Waals surface area contributed by atoms with Gasteiger partial charge in [0.05, 0.1) is 18.2 Å². The van der Waals surface area contributed by atoms with Gasteiger partial charge in [0.1, 0.15) is 5.75 Å². The van der Waals surface area contributed by atoms with Crippen LogP contribution >= 0.6 is 27.7 Å². The highest BCUT2D eigenvalue weighted by atomic mass is 79.9. The summed E-state index contributed by atoms with van der Waals surface area (Å²) in [5.74, 6) is 0.781. The lowest BCUT2D eigenvalue weighted by molar-refractivity contribution is 0.0691. The zero-order chi connectivity index (χ0) is 20.8. The SMILES string of the molecule is COc1ccc2cc(Br)ccc2c1CSCCNC(=O)c1ccccc1C(=O)O. The molecule has 0 aliphatic heterocycles. The van der Waals surface area contributed by atoms with Crippen molar-refractivity contribution in [2.24, 2.45) is 0 Å². The molecule has 150 valence electrons. The average molecular weight is 474 g/mol. The molecular formula is C22H20BrNO4S. The fraction of sp³-hybridized carbons (Fsp3) is 0.182. The van der Waals surface area contributed by atoms with Crippen LogP contribution in [0.3, 0.4) is 0 Å². The van der Waals surface area contributed by atoms with Crippen LogP contribution in [-0.2, 0) is 5.75 Å². The molecule has 0 aromatic heterocycles. The molecule has 0 radical (unpaired) electrons. The molecule has 1 amide bonds. The van der Waals surface area contributed by atoms with Gasteiger partial charge in [0.15, 0.2) is 0 Å². The van der Waals surface area contributed by atoms with Gasteiger partial charge in [0.2, 0.25) is 0 Å². The number of thioether (sulfide) groups is 1. The lowest BCUT2D eigenvalue weighted by Gasteiger charge is -2.13. The molecule has 0 atom stereocenters. The molecular weight excluding hydrogens is 454 g/mol. The molecule has 3 aromatic carbocycles. The monoisotopic (exact) mass is 473 g/mol. The van der Waals surface area contributed by atoms with E-state index in [9.17, 15) is 14.7 Å². The molecule has 0 saturated heterocycles. The van der Waals surface area contributed by atoms with E-state index in [0.29, 0.717) is 12.3 Å². The van der Waals surface area contributed by atoms with Gasteiger partial charge < -0.3 is 15.2 Å². The number of carbonyl (C=O) groups is 2. The van der Waals surface area contributed by atoms with Crippen LogP contribution in [-0.4, -0.2) is 36.4 Å². The van der Waals surface area contributed by atoms with Crippen LogP contribution in [0.4, 0.5) is 0 Å². The van der Waals surface area contributed by atoms with Gasteiger partial charge in [-0.25, -0.2) is 4.79 Å². The molecule has 3 aromatic rings. The van der Waals surface area contributed by atoms with E-state index in [-0.39, 0.29) is 17.0 Å². The number of carboxylic acids is 1. The summed E-state index contributed by atoms with van der Waals surface area (Å²) in [7, 11) is 1.66. The van der Waals surface area contributed by atoms with Crippen LogP contribution in [0.25, 0.3) is 10.8 Å². The van der Waals surface area contributed by atoms with Crippen molar-refractivity contribution < 1.29 is 19.4 Å². The van der Waals surface area contributed by atoms with Crippen LogP contribution in [0, 0.1) is 0 Å².